The molecule has 21 heavy (non-hydrogen) atoms. The summed E-state index contributed by atoms with van der Waals surface area (Å²) in [7, 11) is 4.13. The lowest BCUT2D eigenvalue weighted by molar-refractivity contribution is 1.13. The molecule has 0 saturated carbocycles. The number of allylic oxidation sites excluding steroid dienone is 5. The van der Waals surface area contributed by atoms with Crippen LogP contribution in [0.25, 0.3) is 5.57 Å². The summed E-state index contributed by atoms with van der Waals surface area (Å²) in [5.74, 6) is 0. The molecule has 104 valence electrons. The van der Waals surface area contributed by atoms with Crippen LogP contribution in [0.1, 0.15) is 11.1 Å². The molecule has 0 amide bonds. The lowest BCUT2D eigenvalue weighted by atomic mass is 9.93. The Kier molecular flexibility index (Phi) is 3.74. The maximum Gasteiger partial charge on any atom is 0.0361 e. The van der Waals surface area contributed by atoms with Crippen LogP contribution in [0, 0.1) is 0 Å². The second-order valence-corrected chi connectivity index (χ2v) is 5.36. The second kappa shape index (κ2) is 5.84. The third kappa shape index (κ3) is 2.82. The average Bonchev–Trinajstić information content (AvgIpc) is 3.03. The summed E-state index contributed by atoms with van der Waals surface area (Å²) in [6, 6.07) is 19.3. The van der Waals surface area contributed by atoms with Crippen LogP contribution in [0.4, 0.5) is 5.69 Å². The molecule has 0 unspecified atom stereocenters. The summed E-state index contributed by atoms with van der Waals surface area (Å²) >= 11 is 0. The quantitative estimate of drug-likeness (QED) is 0.784. The Morgan fingerprint density at radius 3 is 1.86 bits per heavy atom. The zero-order chi connectivity index (χ0) is 14.7. The summed E-state index contributed by atoms with van der Waals surface area (Å²) in [6.07, 6.45) is 8.52. The van der Waals surface area contributed by atoms with E-state index in [-0.39, 0.29) is 0 Å². The zero-order valence-corrected chi connectivity index (χ0v) is 12.5. The van der Waals surface area contributed by atoms with Gasteiger partial charge in [-0.1, -0.05) is 66.8 Å². The van der Waals surface area contributed by atoms with Gasteiger partial charge >= 0.3 is 0 Å². The maximum absolute atomic E-state index is 2.20. The van der Waals surface area contributed by atoms with E-state index in [1.807, 2.05) is 0 Å². The predicted octanol–water partition coefficient (Wildman–Crippen LogP) is 4.68. The van der Waals surface area contributed by atoms with Gasteiger partial charge in [-0.25, -0.2) is 0 Å². The first kappa shape index (κ1) is 13.4. The fourth-order valence-electron chi connectivity index (χ4n) is 2.57. The Morgan fingerprint density at radius 2 is 1.29 bits per heavy atom. The molecule has 0 aliphatic heterocycles. The smallest absolute Gasteiger partial charge is 0.0361 e. The predicted molar refractivity (Wildman–Crippen MR) is 91.5 cm³/mol. The molecule has 1 heteroatoms. The van der Waals surface area contributed by atoms with Crippen LogP contribution in [-0.2, 0) is 0 Å². The lowest BCUT2D eigenvalue weighted by Crippen LogP contribution is -2.08. The number of rotatable bonds is 3. The zero-order valence-electron chi connectivity index (χ0n) is 12.5. The number of benzene rings is 2. The van der Waals surface area contributed by atoms with Gasteiger partial charge in [0.25, 0.3) is 0 Å². The Hall–Kier alpha value is -2.54. The van der Waals surface area contributed by atoms with Crippen molar-refractivity contribution in [2.24, 2.45) is 0 Å². The van der Waals surface area contributed by atoms with Gasteiger partial charge in [0.1, 0.15) is 0 Å². The molecule has 0 fully saturated rings. The summed E-state index contributed by atoms with van der Waals surface area (Å²) in [5, 5.41) is 0. The molecule has 0 radical (unpaired) electrons. The first-order valence-electron chi connectivity index (χ1n) is 7.18. The molecular formula is C20H19N. The number of hydrogen-bond acceptors (Lipinski definition) is 1. The largest absolute Gasteiger partial charge is 0.378 e. The van der Waals surface area contributed by atoms with Gasteiger partial charge in [0, 0.05) is 19.8 Å². The van der Waals surface area contributed by atoms with Crippen molar-refractivity contribution in [3.8, 4) is 0 Å². The molecule has 1 aliphatic carbocycles. The van der Waals surface area contributed by atoms with Crippen LogP contribution in [0.5, 0.6) is 0 Å². The molecule has 0 aromatic heterocycles. The van der Waals surface area contributed by atoms with E-state index in [4.69, 9.17) is 0 Å². The maximum atomic E-state index is 2.20. The van der Waals surface area contributed by atoms with Crippen molar-refractivity contribution in [2.45, 2.75) is 0 Å². The van der Waals surface area contributed by atoms with Crippen LogP contribution in [-0.4, -0.2) is 14.1 Å². The minimum Gasteiger partial charge on any atom is -0.378 e. The van der Waals surface area contributed by atoms with Crippen molar-refractivity contribution in [2.75, 3.05) is 19.0 Å². The van der Waals surface area contributed by atoms with Crippen molar-refractivity contribution < 1.29 is 0 Å². The normalized spacial score (nSPS) is 12.8. The van der Waals surface area contributed by atoms with E-state index in [9.17, 15) is 0 Å². The highest BCUT2D eigenvalue weighted by atomic mass is 15.1. The van der Waals surface area contributed by atoms with E-state index in [1.54, 1.807) is 0 Å². The topological polar surface area (TPSA) is 3.24 Å². The third-order valence-electron chi connectivity index (χ3n) is 3.69. The molecular weight excluding hydrogens is 254 g/mol. The first-order valence-corrected chi connectivity index (χ1v) is 7.18. The summed E-state index contributed by atoms with van der Waals surface area (Å²) in [6.45, 7) is 0. The highest BCUT2D eigenvalue weighted by Gasteiger charge is 2.10. The minimum atomic E-state index is 1.22. The van der Waals surface area contributed by atoms with Gasteiger partial charge in [0.2, 0.25) is 0 Å². The van der Waals surface area contributed by atoms with E-state index in [1.165, 1.54) is 28.0 Å². The monoisotopic (exact) mass is 273 g/mol. The Bertz CT molecular complexity index is 687. The van der Waals surface area contributed by atoms with Gasteiger partial charge in [-0.15, -0.1) is 0 Å². The lowest BCUT2D eigenvalue weighted by Gasteiger charge is -2.15. The van der Waals surface area contributed by atoms with Gasteiger partial charge in [-0.3, -0.25) is 0 Å². The molecule has 0 atom stereocenters. The molecule has 0 N–H and O–H groups in total. The van der Waals surface area contributed by atoms with Gasteiger partial charge in [-0.2, -0.15) is 0 Å². The van der Waals surface area contributed by atoms with Crippen molar-refractivity contribution in [1.82, 2.24) is 0 Å². The molecule has 2 aromatic carbocycles. The van der Waals surface area contributed by atoms with Crippen LogP contribution >= 0.6 is 0 Å². The molecule has 0 heterocycles. The summed E-state index contributed by atoms with van der Waals surface area (Å²) < 4.78 is 0. The summed E-state index contributed by atoms with van der Waals surface area (Å²) in [5.41, 5.74) is 6.26. The number of nitrogens with zero attached hydrogens (tertiary/aromatic N) is 1. The number of anilines is 1. The Morgan fingerprint density at radius 1 is 0.714 bits per heavy atom. The molecule has 0 bridgehead atoms. The first-order chi connectivity index (χ1) is 10.3. The van der Waals surface area contributed by atoms with E-state index >= 15 is 0 Å². The van der Waals surface area contributed by atoms with E-state index in [2.05, 4.69) is 97.9 Å². The van der Waals surface area contributed by atoms with E-state index in [0.29, 0.717) is 0 Å². The fourth-order valence-corrected chi connectivity index (χ4v) is 2.57. The highest BCUT2D eigenvalue weighted by molar-refractivity contribution is 5.86. The molecule has 0 spiro atoms. The standard InChI is InChI=1S/C20H19N/c1-21(2)19-14-12-18(13-15-19)20(17-10-6-7-11-17)16-8-4-3-5-9-16/h3-15H,1-2H3. The molecule has 1 nitrogen and oxygen atoms in total. The van der Waals surface area contributed by atoms with Gasteiger partial charge in [0.15, 0.2) is 0 Å². The summed E-state index contributed by atoms with van der Waals surface area (Å²) in [4.78, 5) is 2.12. The van der Waals surface area contributed by atoms with Crippen molar-refractivity contribution in [1.29, 1.82) is 0 Å². The van der Waals surface area contributed by atoms with Crippen molar-refractivity contribution >= 4 is 11.3 Å². The van der Waals surface area contributed by atoms with Crippen molar-refractivity contribution in [3.05, 3.63) is 95.6 Å². The molecule has 0 saturated heterocycles. The Labute approximate surface area is 126 Å². The fraction of sp³-hybridized carbons (Fsp3) is 0.100. The van der Waals surface area contributed by atoms with Crippen molar-refractivity contribution in [3.63, 3.8) is 0 Å². The molecule has 2 aromatic rings. The SMILES string of the molecule is CN(C)c1ccc(C(=C2C=CC=C2)c2ccccc2)cc1. The molecule has 1 aliphatic rings. The van der Waals surface area contributed by atoms with Crippen LogP contribution in [0.3, 0.4) is 0 Å². The van der Waals surface area contributed by atoms with E-state index in [0.717, 1.165) is 0 Å². The molecule has 3 rings (SSSR count). The van der Waals surface area contributed by atoms with Crippen LogP contribution < -0.4 is 4.90 Å². The van der Waals surface area contributed by atoms with Gasteiger partial charge in [0.05, 0.1) is 0 Å². The van der Waals surface area contributed by atoms with E-state index < -0.39 is 0 Å². The second-order valence-electron chi connectivity index (χ2n) is 5.36. The van der Waals surface area contributed by atoms with Gasteiger partial charge in [-0.05, 0) is 34.4 Å². The van der Waals surface area contributed by atoms with Gasteiger partial charge < -0.3 is 4.90 Å². The number of hydrogen-bond donors (Lipinski definition) is 0. The Balaban J connectivity index is 2.11. The third-order valence-corrected chi connectivity index (χ3v) is 3.69. The highest BCUT2D eigenvalue weighted by Crippen LogP contribution is 2.30. The van der Waals surface area contributed by atoms with Crippen LogP contribution in [0.2, 0.25) is 0 Å². The van der Waals surface area contributed by atoms with Crippen LogP contribution in [0.15, 0.2) is 84.5 Å². The minimum absolute atomic E-state index is 1.22. The average molecular weight is 273 g/mol.